The minimum atomic E-state index is -0.463. The van der Waals surface area contributed by atoms with Crippen molar-refractivity contribution in [2.75, 3.05) is 6.61 Å². The molecule has 25 heavy (non-hydrogen) atoms. The minimum Gasteiger partial charge on any atom is -0.465 e. The second kappa shape index (κ2) is 12.5. The molecule has 5 heteroatoms. The summed E-state index contributed by atoms with van der Waals surface area (Å²) >= 11 is 5.92. The fourth-order valence-electron chi connectivity index (χ4n) is 2.13. The third kappa shape index (κ3) is 9.92. The van der Waals surface area contributed by atoms with Crippen LogP contribution in [0.4, 0.5) is 0 Å². The number of ether oxygens (including phenoxy) is 2. The first-order valence-corrected chi connectivity index (χ1v) is 9.18. The molecule has 0 saturated heterocycles. The maximum absolute atomic E-state index is 11.7. The smallest absolute Gasteiger partial charge is 0.311 e. The Morgan fingerprint density at radius 1 is 1.08 bits per heavy atom. The monoisotopic (exact) mass is 366 g/mol. The summed E-state index contributed by atoms with van der Waals surface area (Å²) < 4.78 is 10.3. The van der Waals surface area contributed by atoms with E-state index in [0.717, 1.165) is 12.0 Å². The van der Waals surface area contributed by atoms with Crippen molar-refractivity contribution < 1.29 is 19.1 Å². The Morgan fingerprint density at radius 2 is 1.80 bits per heavy atom. The molecule has 0 atom stereocenters. The number of carbonyl (C=O) groups is 2. The number of carbonyl (C=O) groups excluding carboxylic acids is 2. The van der Waals surface area contributed by atoms with Gasteiger partial charge < -0.3 is 9.47 Å². The summed E-state index contributed by atoms with van der Waals surface area (Å²) in [5.74, 6) is -0.424. The van der Waals surface area contributed by atoms with Crippen molar-refractivity contribution in [3.8, 4) is 5.75 Å². The maximum Gasteiger partial charge on any atom is 0.311 e. The second-order valence-corrected chi connectivity index (χ2v) is 6.27. The zero-order valence-corrected chi connectivity index (χ0v) is 15.8. The molecule has 1 aromatic rings. The minimum absolute atomic E-state index is 0.00658. The number of allylic oxidation sites excluding steroid dienone is 1. The summed E-state index contributed by atoms with van der Waals surface area (Å²) in [7, 11) is 0. The van der Waals surface area contributed by atoms with E-state index in [9.17, 15) is 9.59 Å². The van der Waals surface area contributed by atoms with Gasteiger partial charge in [0.05, 0.1) is 19.4 Å². The third-order valence-electron chi connectivity index (χ3n) is 3.58. The Kier molecular flexibility index (Phi) is 10.6. The van der Waals surface area contributed by atoms with Crippen LogP contribution in [0.25, 0.3) is 0 Å². The van der Waals surface area contributed by atoms with E-state index in [1.807, 2.05) is 13.0 Å². The number of halogens is 1. The van der Waals surface area contributed by atoms with Crippen molar-refractivity contribution in [3.05, 3.63) is 40.9 Å². The largest absolute Gasteiger partial charge is 0.465 e. The zero-order chi connectivity index (χ0) is 18.5. The van der Waals surface area contributed by atoms with E-state index in [-0.39, 0.29) is 18.8 Å². The van der Waals surface area contributed by atoms with Crippen LogP contribution in [-0.4, -0.2) is 18.5 Å². The van der Waals surface area contributed by atoms with Crippen molar-refractivity contribution in [2.24, 2.45) is 0 Å². The van der Waals surface area contributed by atoms with Gasteiger partial charge in [-0.25, -0.2) is 0 Å². The fourth-order valence-corrected chi connectivity index (χ4v) is 2.25. The lowest BCUT2D eigenvalue weighted by molar-refractivity contribution is -0.146. The summed E-state index contributed by atoms with van der Waals surface area (Å²) in [5.41, 5.74) is 0.828. The third-order valence-corrected chi connectivity index (χ3v) is 4.01. The molecule has 1 aromatic carbocycles. The van der Waals surface area contributed by atoms with Gasteiger partial charge in [0.25, 0.3) is 0 Å². The summed E-state index contributed by atoms with van der Waals surface area (Å²) in [6.45, 7) is 4.35. The quantitative estimate of drug-likeness (QED) is 0.227. The molecule has 0 unspecified atom stereocenters. The highest BCUT2D eigenvalue weighted by Crippen LogP contribution is 2.21. The lowest BCUT2D eigenvalue weighted by Crippen LogP contribution is -2.12. The number of rotatable bonds is 11. The lowest BCUT2D eigenvalue weighted by Gasteiger charge is -2.06. The highest BCUT2D eigenvalue weighted by Gasteiger charge is 2.10. The van der Waals surface area contributed by atoms with Crippen LogP contribution >= 0.6 is 11.6 Å². The second-order valence-electron chi connectivity index (χ2n) is 5.86. The van der Waals surface area contributed by atoms with Crippen LogP contribution < -0.4 is 4.74 Å². The topological polar surface area (TPSA) is 52.6 Å². The van der Waals surface area contributed by atoms with Gasteiger partial charge in [-0.05, 0) is 49.9 Å². The average Bonchev–Trinajstić information content (AvgIpc) is 2.58. The van der Waals surface area contributed by atoms with E-state index in [4.69, 9.17) is 21.1 Å². The van der Waals surface area contributed by atoms with Crippen LogP contribution in [0.15, 0.2) is 30.4 Å². The maximum atomic E-state index is 11.7. The molecule has 1 rings (SSSR count). The molecule has 0 saturated carbocycles. The molecule has 0 spiro atoms. The van der Waals surface area contributed by atoms with Gasteiger partial charge in [0.2, 0.25) is 0 Å². The van der Waals surface area contributed by atoms with Crippen LogP contribution in [-0.2, 0) is 14.3 Å². The summed E-state index contributed by atoms with van der Waals surface area (Å²) in [4.78, 5) is 23.3. The van der Waals surface area contributed by atoms with E-state index in [2.05, 4.69) is 13.0 Å². The highest BCUT2D eigenvalue weighted by molar-refractivity contribution is 6.31. The molecule has 0 heterocycles. The predicted molar refractivity (Wildman–Crippen MR) is 99.9 cm³/mol. The summed E-state index contributed by atoms with van der Waals surface area (Å²) in [6.07, 6.45) is 9.58. The molecule has 0 aliphatic heterocycles. The van der Waals surface area contributed by atoms with Crippen LogP contribution in [0.1, 0.15) is 57.4 Å². The first kappa shape index (κ1) is 21.2. The van der Waals surface area contributed by atoms with Gasteiger partial charge in [-0.15, -0.1) is 0 Å². The van der Waals surface area contributed by atoms with E-state index < -0.39 is 5.97 Å². The van der Waals surface area contributed by atoms with Crippen molar-refractivity contribution >= 4 is 23.5 Å². The van der Waals surface area contributed by atoms with Gasteiger partial charge in [-0.3, -0.25) is 9.59 Å². The highest BCUT2D eigenvalue weighted by atomic mass is 35.5. The van der Waals surface area contributed by atoms with Crippen LogP contribution in [0, 0.1) is 6.92 Å². The molecule has 0 radical (unpaired) electrons. The molecular weight excluding hydrogens is 340 g/mol. The van der Waals surface area contributed by atoms with Crippen molar-refractivity contribution in [1.29, 1.82) is 0 Å². The first-order valence-electron chi connectivity index (χ1n) is 8.80. The molecule has 0 bridgehead atoms. The van der Waals surface area contributed by atoms with Crippen molar-refractivity contribution in [3.63, 3.8) is 0 Å². The summed E-state index contributed by atoms with van der Waals surface area (Å²) in [6, 6.07) is 4.98. The van der Waals surface area contributed by atoms with Crippen LogP contribution in [0.5, 0.6) is 5.75 Å². The van der Waals surface area contributed by atoms with Crippen LogP contribution in [0.3, 0.4) is 0 Å². The number of unbranched alkanes of at least 4 members (excludes halogenated alkanes) is 3. The normalized spacial score (nSPS) is 10.8. The number of benzene rings is 1. The van der Waals surface area contributed by atoms with Crippen molar-refractivity contribution in [1.82, 2.24) is 0 Å². The zero-order valence-electron chi connectivity index (χ0n) is 15.1. The lowest BCUT2D eigenvalue weighted by atomic mass is 10.2. The van der Waals surface area contributed by atoms with Gasteiger partial charge in [0.1, 0.15) is 5.75 Å². The summed E-state index contributed by atoms with van der Waals surface area (Å²) in [5, 5.41) is 0.614. The van der Waals surface area contributed by atoms with Gasteiger partial charge in [-0.1, -0.05) is 43.5 Å². The number of hydrogen-bond donors (Lipinski definition) is 0. The Morgan fingerprint density at radius 3 is 2.52 bits per heavy atom. The van der Waals surface area contributed by atoms with E-state index in [0.29, 0.717) is 23.8 Å². The first-order chi connectivity index (χ1) is 12.0. The van der Waals surface area contributed by atoms with Gasteiger partial charge in [0.15, 0.2) is 0 Å². The predicted octanol–water partition coefficient (Wildman–Crippen LogP) is 5.40. The average molecular weight is 367 g/mol. The Balaban J connectivity index is 2.14. The van der Waals surface area contributed by atoms with Gasteiger partial charge >= 0.3 is 11.9 Å². The molecular formula is C20H27ClO4. The Labute approximate surface area is 155 Å². The molecule has 4 nitrogen and oxygen atoms in total. The van der Waals surface area contributed by atoms with E-state index in [1.54, 1.807) is 18.2 Å². The Bertz CT molecular complexity index is 581. The molecule has 138 valence electrons. The standard InChI is InChI=1S/C20H27ClO4/c1-3-4-5-6-7-8-9-14-24-19(22)12-13-20(23)25-17-10-11-18(21)16(2)15-17/h7-8,10-11,15H,3-6,9,12-14H2,1-2H3/b8-7+. The number of esters is 2. The fraction of sp³-hybridized carbons (Fsp3) is 0.500. The van der Waals surface area contributed by atoms with Crippen molar-refractivity contribution in [2.45, 2.75) is 58.8 Å². The molecule has 0 N–H and O–H groups in total. The van der Waals surface area contributed by atoms with Crippen LogP contribution in [0.2, 0.25) is 5.02 Å². The van der Waals surface area contributed by atoms with E-state index >= 15 is 0 Å². The number of hydrogen-bond acceptors (Lipinski definition) is 4. The molecule has 0 aliphatic rings. The Hall–Kier alpha value is -1.81. The molecule has 0 aromatic heterocycles. The van der Waals surface area contributed by atoms with Gasteiger partial charge in [0, 0.05) is 5.02 Å². The van der Waals surface area contributed by atoms with E-state index in [1.165, 1.54) is 19.3 Å². The van der Waals surface area contributed by atoms with Gasteiger partial charge in [-0.2, -0.15) is 0 Å². The molecule has 0 aliphatic carbocycles. The molecule has 0 amide bonds. The number of aryl methyl sites for hydroxylation is 1. The molecule has 0 fully saturated rings. The SMILES string of the molecule is CCCCC/C=C/CCOC(=O)CCC(=O)Oc1ccc(Cl)c(C)c1.